The molecule has 0 unspecified atom stereocenters. The molecule has 0 amide bonds. The molecule has 2 aromatic rings. The number of piperazine rings is 1. The molecule has 2 aromatic carbocycles. The molecule has 24 heavy (non-hydrogen) atoms. The fraction of sp³-hybridized carbons (Fsp3) is 0.350. The molecule has 1 N–H and O–H groups in total. The molecule has 126 valence electrons. The van der Waals surface area contributed by atoms with Crippen LogP contribution in [0.5, 0.6) is 0 Å². The Morgan fingerprint density at radius 2 is 1.71 bits per heavy atom. The van der Waals surface area contributed by atoms with E-state index in [4.69, 9.17) is 0 Å². The van der Waals surface area contributed by atoms with Crippen LogP contribution >= 0.6 is 11.8 Å². The van der Waals surface area contributed by atoms with Gasteiger partial charge in [0.2, 0.25) is 0 Å². The average molecular weight is 341 g/mol. The molecule has 0 aromatic heterocycles. The SMILES string of the molecule is CSc1ccc(C=NN2CC[NH+](Cc3ccc(C)cc3)CC2)cc1. The van der Waals surface area contributed by atoms with Crippen molar-refractivity contribution in [2.24, 2.45) is 5.10 Å². The van der Waals surface area contributed by atoms with E-state index in [0.717, 1.165) is 32.7 Å². The normalized spacial score (nSPS) is 16.0. The van der Waals surface area contributed by atoms with Crippen molar-refractivity contribution in [1.29, 1.82) is 0 Å². The van der Waals surface area contributed by atoms with Crippen LogP contribution in [-0.2, 0) is 6.54 Å². The van der Waals surface area contributed by atoms with E-state index in [2.05, 4.69) is 71.8 Å². The summed E-state index contributed by atoms with van der Waals surface area (Å²) in [6.45, 7) is 7.62. The van der Waals surface area contributed by atoms with Gasteiger partial charge in [-0.25, -0.2) is 0 Å². The Hall–Kier alpha value is -1.78. The number of hydrogen-bond acceptors (Lipinski definition) is 3. The van der Waals surface area contributed by atoms with E-state index in [1.54, 1.807) is 16.7 Å². The Bertz CT molecular complexity index is 656. The maximum absolute atomic E-state index is 4.65. The fourth-order valence-corrected chi connectivity index (χ4v) is 3.34. The zero-order valence-corrected chi connectivity index (χ0v) is 15.4. The molecule has 0 aliphatic carbocycles. The van der Waals surface area contributed by atoms with Crippen LogP contribution in [0.2, 0.25) is 0 Å². The highest BCUT2D eigenvalue weighted by atomic mass is 32.2. The third-order valence-corrected chi connectivity index (χ3v) is 5.25. The summed E-state index contributed by atoms with van der Waals surface area (Å²) in [5, 5.41) is 6.85. The van der Waals surface area contributed by atoms with Crippen LogP contribution in [0, 0.1) is 6.92 Å². The van der Waals surface area contributed by atoms with Gasteiger partial charge in [0.15, 0.2) is 0 Å². The van der Waals surface area contributed by atoms with Crippen molar-refractivity contribution >= 4 is 18.0 Å². The second-order valence-electron chi connectivity index (χ2n) is 6.38. The average Bonchev–Trinajstić information content (AvgIpc) is 2.63. The van der Waals surface area contributed by atoms with Crippen molar-refractivity contribution in [3.05, 3.63) is 65.2 Å². The first kappa shape index (κ1) is 17.1. The molecule has 0 radical (unpaired) electrons. The first-order valence-corrected chi connectivity index (χ1v) is 9.77. The first-order chi connectivity index (χ1) is 11.7. The Morgan fingerprint density at radius 3 is 2.33 bits per heavy atom. The van der Waals surface area contributed by atoms with Crippen molar-refractivity contribution in [1.82, 2.24) is 5.01 Å². The van der Waals surface area contributed by atoms with Crippen molar-refractivity contribution in [3.8, 4) is 0 Å². The molecule has 0 bridgehead atoms. The Kier molecular flexibility index (Phi) is 5.94. The molecule has 1 fully saturated rings. The monoisotopic (exact) mass is 340 g/mol. The van der Waals surface area contributed by atoms with Gasteiger partial charge in [-0.1, -0.05) is 42.0 Å². The third kappa shape index (κ3) is 4.86. The van der Waals surface area contributed by atoms with Gasteiger partial charge in [-0.15, -0.1) is 11.8 Å². The van der Waals surface area contributed by atoms with E-state index in [1.165, 1.54) is 21.6 Å². The molecular formula is C20H26N3S+. The van der Waals surface area contributed by atoms with Crippen LogP contribution in [0.4, 0.5) is 0 Å². The zero-order chi connectivity index (χ0) is 16.8. The number of rotatable bonds is 5. The number of thioether (sulfide) groups is 1. The zero-order valence-electron chi connectivity index (χ0n) is 14.5. The lowest BCUT2D eigenvalue weighted by atomic mass is 10.1. The first-order valence-electron chi connectivity index (χ1n) is 8.55. The largest absolute Gasteiger partial charge is 0.328 e. The molecule has 0 atom stereocenters. The highest BCUT2D eigenvalue weighted by molar-refractivity contribution is 7.98. The lowest BCUT2D eigenvalue weighted by molar-refractivity contribution is -0.918. The second kappa shape index (κ2) is 8.36. The van der Waals surface area contributed by atoms with Gasteiger partial charge in [0.05, 0.1) is 32.4 Å². The van der Waals surface area contributed by atoms with Crippen molar-refractivity contribution in [2.75, 3.05) is 32.4 Å². The van der Waals surface area contributed by atoms with E-state index in [-0.39, 0.29) is 0 Å². The molecule has 4 heteroatoms. The number of hydrazone groups is 1. The summed E-state index contributed by atoms with van der Waals surface area (Å²) in [5.41, 5.74) is 3.93. The van der Waals surface area contributed by atoms with Gasteiger partial charge in [0, 0.05) is 10.5 Å². The van der Waals surface area contributed by atoms with E-state index >= 15 is 0 Å². The number of quaternary nitrogens is 1. The maximum Gasteiger partial charge on any atom is 0.103 e. The molecule has 1 aliphatic heterocycles. The standard InChI is InChI=1S/C20H25N3S/c1-17-3-5-19(6-4-17)16-22-11-13-23(14-12-22)21-15-18-7-9-20(24-2)10-8-18/h3-10,15H,11-14,16H2,1-2H3/p+1. The van der Waals surface area contributed by atoms with Gasteiger partial charge >= 0.3 is 0 Å². The fourth-order valence-electron chi connectivity index (χ4n) is 2.94. The summed E-state index contributed by atoms with van der Waals surface area (Å²) in [6.07, 6.45) is 4.08. The predicted molar refractivity (Wildman–Crippen MR) is 103 cm³/mol. The molecule has 1 saturated heterocycles. The maximum atomic E-state index is 4.65. The Morgan fingerprint density at radius 1 is 1.04 bits per heavy atom. The summed E-state index contributed by atoms with van der Waals surface area (Å²) < 4.78 is 0. The number of nitrogens with zero attached hydrogens (tertiary/aromatic N) is 2. The van der Waals surface area contributed by atoms with Crippen LogP contribution in [0.25, 0.3) is 0 Å². The molecule has 0 spiro atoms. The summed E-state index contributed by atoms with van der Waals surface area (Å²) in [7, 11) is 0. The van der Waals surface area contributed by atoms with E-state index in [1.807, 2.05) is 6.21 Å². The smallest absolute Gasteiger partial charge is 0.103 e. The summed E-state index contributed by atoms with van der Waals surface area (Å²) >= 11 is 1.77. The lowest BCUT2D eigenvalue weighted by Crippen LogP contribution is -3.13. The van der Waals surface area contributed by atoms with Crippen LogP contribution in [-0.4, -0.2) is 43.7 Å². The Labute approximate surface area is 149 Å². The van der Waals surface area contributed by atoms with Crippen molar-refractivity contribution in [2.45, 2.75) is 18.4 Å². The van der Waals surface area contributed by atoms with Crippen LogP contribution < -0.4 is 4.90 Å². The van der Waals surface area contributed by atoms with Gasteiger partial charge in [-0.3, -0.25) is 5.01 Å². The topological polar surface area (TPSA) is 20.0 Å². The number of nitrogens with one attached hydrogen (secondary N) is 1. The second-order valence-corrected chi connectivity index (χ2v) is 7.26. The minimum atomic E-state index is 1.03. The lowest BCUT2D eigenvalue weighted by Gasteiger charge is -2.30. The quantitative estimate of drug-likeness (QED) is 0.666. The number of aryl methyl sites for hydroxylation is 1. The van der Waals surface area contributed by atoms with E-state index in [0.29, 0.717) is 0 Å². The molecule has 3 nitrogen and oxygen atoms in total. The van der Waals surface area contributed by atoms with Crippen LogP contribution in [0.1, 0.15) is 16.7 Å². The minimum absolute atomic E-state index is 1.03. The summed E-state index contributed by atoms with van der Waals surface area (Å²) in [5.74, 6) is 0. The molecule has 3 rings (SSSR count). The molecule has 1 heterocycles. The highest BCUT2D eigenvalue weighted by Crippen LogP contribution is 2.14. The van der Waals surface area contributed by atoms with Crippen molar-refractivity contribution in [3.63, 3.8) is 0 Å². The van der Waals surface area contributed by atoms with Gasteiger partial charge in [0.1, 0.15) is 6.54 Å². The van der Waals surface area contributed by atoms with Crippen molar-refractivity contribution < 1.29 is 4.90 Å². The van der Waals surface area contributed by atoms with Gasteiger partial charge in [-0.05, 0) is 30.9 Å². The Balaban J connectivity index is 1.47. The number of benzene rings is 2. The summed E-state index contributed by atoms with van der Waals surface area (Å²) in [4.78, 5) is 2.94. The number of hydrogen-bond donors (Lipinski definition) is 1. The van der Waals surface area contributed by atoms with Gasteiger partial charge in [0.25, 0.3) is 0 Å². The third-order valence-electron chi connectivity index (χ3n) is 4.51. The van der Waals surface area contributed by atoms with Crippen LogP contribution in [0.15, 0.2) is 58.5 Å². The highest BCUT2D eigenvalue weighted by Gasteiger charge is 2.18. The molecular weight excluding hydrogens is 314 g/mol. The van der Waals surface area contributed by atoms with Gasteiger partial charge in [-0.2, -0.15) is 5.10 Å². The minimum Gasteiger partial charge on any atom is -0.328 e. The molecule has 1 aliphatic rings. The predicted octanol–water partition coefficient (Wildman–Crippen LogP) is 2.45. The van der Waals surface area contributed by atoms with Gasteiger partial charge < -0.3 is 4.90 Å². The van der Waals surface area contributed by atoms with Crippen LogP contribution in [0.3, 0.4) is 0 Å². The van der Waals surface area contributed by atoms with E-state index in [9.17, 15) is 0 Å². The molecule has 0 saturated carbocycles. The summed E-state index contributed by atoms with van der Waals surface area (Å²) in [6, 6.07) is 17.5. The van der Waals surface area contributed by atoms with E-state index < -0.39 is 0 Å².